The molecule has 156 valence electrons. The van der Waals surface area contributed by atoms with Crippen LogP contribution in [-0.4, -0.2) is 62.0 Å². The normalized spacial score (nSPS) is 17.9. The number of hydrogen-bond donors (Lipinski definition) is 0. The summed E-state index contributed by atoms with van der Waals surface area (Å²) < 4.78 is 5.24. The van der Waals surface area contributed by atoms with Crippen molar-refractivity contribution in [2.75, 3.05) is 45.2 Å². The van der Waals surface area contributed by atoms with E-state index in [2.05, 4.69) is 11.9 Å². The van der Waals surface area contributed by atoms with Crippen LogP contribution in [0, 0.1) is 6.92 Å². The van der Waals surface area contributed by atoms with Gasteiger partial charge in [0.05, 0.1) is 18.4 Å². The van der Waals surface area contributed by atoms with Crippen LogP contribution in [-0.2, 0) is 9.59 Å². The second-order valence-corrected chi connectivity index (χ2v) is 8.03. The average Bonchev–Trinajstić information content (AvgIpc) is 3.01. The molecule has 0 bridgehead atoms. The van der Waals surface area contributed by atoms with E-state index in [0.29, 0.717) is 46.4 Å². The standard InChI is InChI=1S/C23H24ClN3O3/c1-15-4-7-17(14-19(15)24)27-22(28)20(16-5-8-18(30-3)9-6-16)21(23(27)29)26-12-10-25(2)11-13-26/h4-9,14H,10-13H2,1-3H3. The summed E-state index contributed by atoms with van der Waals surface area (Å²) >= 11 is 6.28. The Kier molecular flexibility index (Phi) is 5.54. The molecule has 1 fully saturated rings. The maximum atomic E-state index is 13.5. The first-order valence-electron chi connectivity index (χ1n) is 9.88. The van der Waals surface area contributed by atoms with Gasteiger partial charge in [0.1, 0.15) is 11.4 Å². The summed E-state index contributed by atoms with van der Waals surface area (Å²) in [6.45, 7) is 4.92. The summed E-state index contributed by atoms with van der Waals surface area (Å²) in [7, 11) is 3.65. The number of carbonyl (C=O) groups is 2. The Morgan fingerprint density at radius 2 is 1.60 bits per heavy atom. The zero-order valence-electron chi connectivity index (χ0n) is 17.3. The molecule has 30 heavy (non-hydrogen) atoms. The lowest BCUT2D eigenvalue weighted by molar-refractivity contribution is -0.120. The van der Waals surface area contributed by atoms with E-state index in [9.17, 15) is 9.59 Å². The van der Waals surface area contributed by atoms with Gasteiger partial charge in [-0.1, -0.05) is 29.8 Å². The molecule has 2 aliphatic rings. The number of nitrogens with zero attached hydrogens (tertiary/aromatic N) is 3. The Bertz CT molecular complexity index is 1020. The molecule has 6 nitrogen and oxygen atoms in total. The van der Waals surface area contributed by atoms with Crippen molar-refractivity contribution in [2.45, 2.75) is 6.92 Å². The Balaban J connectivity index is 1.80. The summed E-state index contributed by atoms with van der Waals surface area (Å²) in [5.41, 5.74) is 2.94. The molecule has 2 aromatic carbocycles. The molecule has 0 aromatic heterocycles. The minimum absolute atomic E-state index is 0.310. The van der Waals surface area contributed by atoms with E-state index in [0.717, 1.165) is 18.7 Å². The fourth-order valence-corrected chi connectivity index (χ4v) is 3.99. The summed E-state index contributed by atoms with van der Waals surface area (Å²) in [5.74, 6) is 0.0498. The molecule has 0 unspecified atom stereocenters. The lowest BCUT2D eigenvalue weighted by Crippen LogP contribution is -2.46. The predicted octanol–water partition coefficient (Wildman–Crippen LogP) is 3.19. The number of aryl methyl sites for hydroxylation is 1. The zero-order valence-corrected chi connectivity index (χ0v) is 18.1. The van der Waals surface area contributed by atoms with E-state index in [4.69, 9.17) is 16.3 Å². The molecule has 0 saturated carbocycles. The molecule has 4 rings (SSSR count). The molecule has 0 aliphatic carbocycles. The fourth-order valence-electron chi connectivity index (χ4n) is 3.81. The maximum absolute atomic E-state index is 13.5. The SMILES string of the molecule is COc1ccc(C2=C(N3CCN(C)CC3)C(=O)N(c3ccc(C)c(Cl)c3)C2=O)cc1. The second-order valence-electron chi connectivity index (χ2n) is 7.62. The molecule has 2 heterocycles. The molecular formula is C23H24ClN3O3. The van der Waals surface area contributed by atoms with Crippen molar-refractivity contribution in [3.8, 4) is 5.75 Å². The number of amides is 2. The van der Waals surface area contributed by atoms with Gasteiger partial charge < -0.3 is 14.5 Å². The monoisotopic (exact) mass is 425 g/mol. The summed E-state index contributed by atoms with van der Waals surface area (Å²) in [6.07, 6.45) is 0. The van der Waals surface area contributed by atoms with Gasteiger partial charge in [-0.25, -0.2) is 4.90 Å². The number of halogens is 1. The highest BCUT2D eigenvalue weighted by atomic mass is 35.5. The number of benzene rings is 2. The van der Waals surface area contributed by atoms with Crippen molar-refractivity contribution in [2.24, 2.45) is 0 Å². The number of anilines is 1. The van der Waals surface area contributed by atoms with Crippen LogP contribution >= 0.6 is 11.6 Å². The molecule has 0 N–H and O–H groups in total. The average molecular weight is 426 g/mol. The number of ether oxygens (including phenoxy) is 1. The number of likely N-dealkylation sites (N-methyl/N-ethyl adjacent to an activating group) is 1. The van der Waals surface area contributed by atoms with E-state index in [1.165, 1.54) is 4.90 Å². The molecule has 0 spiro atoms. The first-order valence-corrected chi connectivity index (χ1v) is 10.3. The molecular weight excluding hydrogens is 402 g/mol. The van der Waals surface area contributed by atoms with Gasteiger partial charge in [-0.15, -0.1) is 0 Å². The number of methoxy groups -OCH3 is 1. The molecule has 0 atom stereocenters. The van der Waals surface area contributed by atoms with Crippen LogP contribution in [0.3, 0.4) is 0 Å². The number of piperazine rings is 1. The largest absolute Gasteiger partial charge is 0.497 e. The molecule has 2 amide bonds. The zero-order chi connectivity index (χ0) is 21.4. The van der Waals surface area contributed by atoms with Crippen molar-refractivity contribution in [1.82, 2.24) is 9.80 Å². The highest BCUT2D eigenvalue weighted by Gasteiger charge is 2.43. The van der Waals surface area contributed by atoms with Gasteiger partial charge in [-0.05, 0) is 49.4 Å². The Hall–Kier alpha value is -2.83. The van der Waals surface area contributed by atoms with Gasteiger partial charge in [0, 0.05) is 31.2 Å². The minimum atomic E-state index is -0.334. The van der Waals surface area contributed by atoms with Gasteiger partial charge >= 0.3 is 0 Å². The Labute approximate surface area is 181 Å². The number of imide groups is 1. The van der Waals surface area contributed by atoms with Crippen LogP contribution in [0.25, 0.3) is 5.57 Å². The third kappa shape index (κ3) is 3.57. The van der Waals surface area contributed by atoms with E-state index >= 15 is 0 Å². The van der Waals surface area contributed by atoms with Crippen LogP contribution in [0.15, 0.2) is 48.2 Å². The number of carbonyl (C=O) groups excluding carboxylic acids is 2. The highest BCUT2D eigenvalue weighted by Crippen LogP contribution is 2.36. The van der Waals surface area contributed by atoms with Crippen LogP contribution in [0.2, 0.25) is 5.02 Å². The van der Waals surface area contributed by atoms with E-state index in [1.54, 1.807) is 31.4 Å². The lowest BCUT2D eigenvalue weighted by atomic mass is 10.0. The third-order valence-electron chi connectivity index (χ3n) is 5.67. The van der Waals surface area contributed by atoms with Crippen LogP contribution in [0.5, 0.6) is 5.75 Å². The smallest absolute Gasteiger partial charge is 0.282 e. The highest BCUT2D eigenvalue weighted by molar-refractivity contribution is 6.45. The fraction of sp³-hybridized carbons (Fsp3) is 0.304. The van der Waals surface area contributed by atoms with Crippen molar-refractivity contribution in [3.63, 3.8) is 0 Å². The van der Waals surface area contributed by atoms with E-state index < -0.39 is 0 Å². The van der Waals surface area contributed by atoms with Crippen molar-refractivity contribution in [1.29, 1.82) is 0 Å². The Morgan fingerprint density at radius 1 is 0.933 bits per heavy atom. The van der Waals surface area contributed by atoms with Gasteiger partial charge in [-0.2, -0.15) is 0 Å². The van der Waals surface area contributed by atoms with Crippen molar-refractivity contribution >= 4 is 34.7 Å². The number of hydrogen-bond acceptors (Lipinski definition) is 5. The van der Waals surface area contributed by atoms with Gasteiger partial charge in [0.25, 0.3) is 11.8 Å². The van der Waals surface area contributed by atoms with Crippen molar-refractivity contribution in [3.05, 3.63) is 64.3 Å². The lowest BCUT2D eigenvalue weighted by Gasteiger charge is -2.34. The van der Waals surface area contributed by atoms with Gasteiger partial charge in [0.2, 0.25) is 0 Å². The Morgan fingerprint density at radius 3 is 2.20 bits per heavy atom. The third-order valence-corrected chi connectivity index (χ3v) is 6.08. The molecule has 2 aliphatic heterocycles. The summed E-state index contributed by atoms with van der Waals surface area (Å²) in [6, 6.07) is 12.5. The summed E-state index contributed by atoms with van der Waals surface area (Å²) in [4.78, 5) is 32.5. The summed E-state index contributed by atoms with van der Waals surface area (Å²) in [5, 5.41) is 0.521. The molecule has 1 saturated heterocycles. The molecule has 7 heteroatoms. The molecule has 2 aromatic rings. The predicted molar refractivity (Wildman–Crippen MR) is 118 cm³/mol. The van der Waals surface area contributed by atoms with E-state index in [1.807, 2.05) is 30.0 Å². The topological polar surface area (TPSA) is 53.1 Å². The first-order chi connectivity index (χ1) is 14.4. The van der Waals surface area contributed by atoms with E-state index in [-0.39, 0.29) is 11.8 Å². The maximum Gasteiger partial charge on any atom is 0.282 e. The van der Waals surface area contributed by atoms with Crippen LogP contribution < -0.4 is 9.64 Å². The molecule has 0 radical (unpaired) electrons. The first kappa shape index (κ1) is 20.4. The minimum Gasteiger partial charge on any atom is -0.497 e. The van der Waals surface area contributed by atoms with Crippen molar-refractivity contribution < 1.29 is 14.3 Å². The number of rotatable bonds is 4. The quantitative estimate of drug-likeness (QED) is 0.704. The van der Waals surface area contributed by atoms with Crippen LogP contribution in [0.4, 0.5) is 5.69 Å². The van der Waals surface area contributed by atoms with Gasteiger partial charge in [0.15, 0.2) is 0 Å². The van der Waals surface area contributed by atoms with Crippen LogP contribution in [0.1, 0.15) is 11.1 Å². The second kappa shape index (κ2) is 8.13. The van der Waals surface area contributed by atoms with Gasteiger partial charge in [-0.3, -0.25) is 9.59 Å².